The Labute approximate surface area is 119 Å². The summed E-state index contributed by atoms with van der Waals surface area (Å²) in [6.07, 6.45) is 3.58. The number of benzene rings is 1. The Morgan fingerprint density at radius 2 is 1.32 bits per heavy atom. The number of nitrogens with one attached hydrogen (secondary N) is 1. The normalized spacial score (nSPS) is 12.7. The molecule has 0 spiro atoms. The molecule has 0 heterocycles. The molecule has 0 amide bonds. The third kappa shape index (κ3) is 4.35. The van der Waals surface area contributed by atoms with Crippen molar-refractivity contribution >= 4 is 0 Å². The fourth-order valence-electron chi connectivity index (χ4n) is 2.54. The maximum Gasteiger partial charge on any atom is 0.0210 e. The standard InChI is InChI=1S/C18H31N/c1-7-18(8-2,9-3)19-14-15-10-12-16(13-11-15)17(4,5)6/h10-13,19H,7-9,14H2,1-6H3. The maximum absolute atomic E-state index is 3.76. The quantitative estimate of drug-likeness (QED) is 0.756. The van der Waals surface area contributed by atoms with Crippen LogP contribution < -0.4 is 5.32 Å². The number of hydrogen-bond donors (Lipinski definition) is 1. The molecule has 1 heteroatoms. The zero-order chi connectivity index (χ0) is 14.5. The summed E-state index contributed by atoms with van der Waals surface area (Å²) in [5.41, 5.74) is 3.34. The maximum atomic E-state index is 3.76. The highest BCUT2D eigenvalue weighted by Crippen LogP contribution is 2.23. The third-order valence-corrected chi connectivity index (χ3v) is 4.52. The van der Waals surface area contributed by atoms with Crippen LogP contribution in [-0.4, -0.2) is 5.54 Å². The molecule has 1 aromatic rings. The molecule has 0 fully saturated rings. The van der Waals surface area contributed by atoms with Crippen LogP contribution in [0.4, 0.5) is 0 Å². The molecule has 0 aliphatic heterocycles. The lowest BCUT2D eigenvalue weighted by molar-refractivity contribution is 0.288. The Balaban J connectivity index is 2.69. The molecule has 0 saturated carbocycles. The van der Waals surface area contributed by atoms with Gasteiger partial charge in [-0.05, 0) is 35.8 Å². The van der Waals surface area contributed by atoms with Gasteiger partial charge >= 0.3 is 0 Å². The zero-order valence-electron chi connectivity index (χ0n) is 13.6. The van der Waals surface area contributed by atoms with E-state index in [4.69, 9.17) is 0 Å². The monoisotopic (exact) mass is 261 g/mol. The first-order chi connectivity index (χ1) is 8.87. The van der Waals surface area contributed by atoms with E-state index in [0.29, 0.717) is 5.54 Å². The average molecular weight is 261 g/mol. The number of rotatable bonds is 6. The van der Waals surface area contributed by atoms with E-state index in [1.165, 1.54) is 30.4 Å². The summed E-state index contributed by atoms with van der Waals surface area (Å²) >= 11 is 0. The number of hydrogen-bond acceptors (Lipinski definition) is 1. The largest absolute Gasteiger partial charge is 0.307 e. The minimum Gasteiger partial charge on any atom is -0.307 e. The second-order valence-corrected chi connectivity index (χ2v) is 6.64. The molecular formula is C18H31N. The lowest BCUT2D eigenvalue weighted by Gasteiger charge is -2.32. The molecule has 0 aliphatic carbocycles. The van der Waals surface area contributed by atoms with Crippen LogP contribution in [0.2, 0.25) is 0 Å². The highest BCUT2D eigenvalue weighted by atomic mass is 15.0. The minimum absolute atomic E-state index is 0.242. The van der Waals surface area contributed by atoms with Gasteiger partial charge in [-0.25, -0.2) is 0 Å². The summed E-state index contributed by atoms with van der Waals surface area (Å²) in [6.45, 7) is 14.6. The lowest BCUT2D eigenvalue weighted by Crippen LogP contribution is -2.43. The first kappa shape index (κ1) is 16.2. The van der Waals surface area contributed by atoms with Crippen LogP contribution in [0.3, 0.4) is 0 Å². The van der Waals surface area contributed by atoms with E-state index in [0.717, 1.165) is 6.54 Å². The van der Waals surface area contributed by atoms with E-state index in [1.54, 1.807) is 0 Å². The van der Waals surface area contributed by atoms with Crippen LogP contribution >= 0.6 is 0 Å². The average Bonchev–Trinajstić information content (AvgIpc) is 2.40. The fraction of sp³-hybridized carbons (Fsp3) is 0.667. The van der Waals surface area contributed by atoms with Crippen LogP contribution in [0, 0.1) is 0 Å². The van der Waals surface area contributed by atoms with Crippen molar-refractivity contribution in [2.75, 3.05) is 0 Å². The van der Waals surface area contributed by atoms with Gasteiger partial charge in [0.05, 0.1) is 0 Å². The molecule has 0 radical (unpaired) electrons. The van der Waals surface area contributed by atoms with Crippen molar-refractivity contribution in [1.29, 1.82) is 0 Å². The summed E-state index contributed by atoms with van der Waals surface area (Å²) in [4.78, 5) is 0. The van der Waals surface area contributed by atoms with Gasteiger partial charge in [0.15, 0.2) is 0 Å². The Kier molecular flexibility index (Phi) is 5.61. The van der Waals surface area contributed by atoms with E-state index < -0.39 is 0 Å². The molecule has 0 saturated heterocycles. The zero-order valence-corrected chi connectivity index (χ0v) is 13.6. The van der Waals surface area contributed by atoms with Crippen LogP contribution in [0.25, 0.3) is 0 Å². The summed E-state index contributed by atoms with van der Waals surface area (Å²) < 4.78 is 0. The van der Waals surface area contributed by atoms with E-state index in [-0.39, 0.29) is 5.41 Å². The molecule has 0 aliphatic rings. The van der Waals surface area contributed by atoms with E-state index >= 15 is 0 Å². The summed E-state index contributed by atoms with van der Waals surface area (Å²) in [6, 6.07) is 9.06. The van der Waals surface area contributed by atoms with Gasteiger partial charge in [0.25, 0.3) is 0 Å². The Morgan fingerprint density at radius 1 is 0.842 bits per heavy atom. The van der Waals surface area contributed by atoms with Gasteiger partial charge in [-0.2, -0.15) is 0 Å². The highest BCUT2D eigenvalue weighted by Gasteiger charge is 2.22. The molecule has 0 aromatic heterocycles. The first-order valence-corrected chi connectivity index (χ1v) is 7.71. The van der Waals surface area contributed by atoms with E-state index in [1.807, 2.05) is 0 Å². The topological polar surface area (TPSA) is 12.0 Å². The highest BCUT2D eigenvalue weighted by molar-refractivity contribution is 5.27. The lowest BCUT2D eigenvalue weighted by atomic mass is 9.86. The van der Waals surface area contributed by atoms with Gasteiger partial charge in [0.1, 0.15) is 0 Å². The van der Waals surface area contributed by atoms with Gasteiger partial charge in [-0.15, -0.1) is 0 Å². The molecule has 19 heavy (non-hydrogen) atoms. The van der Waals surface area contributed by atoms with Crippen LogP contribution in [0.5, 0.6) is 0 Å². The van der Waals surface area contributed by atoms with Crippen LogP contribution in [0.1, 0.15) is 71.9 Å². The van der Waals surface area contributed by atoms with Crippen molar-refractivity contribution in [2.24, 2.45) is 0 Å². The van der Waals surface area contributed by atoms with Crippen molar-refractivity contribution in [2.45, 2.75) is 78.3 Å². The van der Waals surface area contributed by atoms with Crippen molar-refractivity contribution in [3.05, 3.63) is 35.4 Å². The van der Waals surface area contributed by atoms with E-state index in [2.05, 4.69) is 71.1 Å². The van der Waals surface area contributed by atoms with Gasteiger partial charge in [0, 0.05) is 12.1 Å². The predicted molar refractivity (Wildman–Crippen MR) is 85.6 cm³/mol. The first-order valence-electron chi connectivity index (χ1n) is 7.71. The van der Waals surface area contributed by atoms with Crippen LogP contribution in [-0.2, 0) is 12.0 Å². The Morgan fingerprint density at radius 3 is 1.68 bits per heavy atom. The van der Waals surface area contributed by atoms with Crippen molar-refractivity contribution in [1.82, 2.24) is 5.32 Å². The molecule has 0 unspecified atom stereocenters. The molecule has 1 nitrogen and oxygen atoms in total. The van der Waals surface area contributed by atoms with Crippen molar-refractivity contribution in [3.63, 3.8) is 0 Å². The fourth-order valence-corrected chi connectivity index (χ4v) is 2.54. The van der Waals surface area contributed by atoms with Gasteiger partial charge < -0.3 is 5.32 Å². The molecule has 1 N–H and O–H groups in total. The summed E-state index contributed by atoms with van der Waals surface area (Å²) in [7, 11) is 0. The van der Waals surface area contributed by atoms with Gasteiger partial charge in [0.2, 0.25) is 0 Å². The van der Waals surface area contributed by atoms with Gasteiger partial charge in [-0.3, -0.25) is 0 Å². The molecule has 108 valence electrons. The van der Waals surface area contributed by atoms with Crippen LogP contribution in [0.15, 0.2) is 24.3 Å². The second kappa shape index (κ2) is 6.56. The summed E-state index contributed by atoms with van der Waals surface area (Å²) in [5.74, 6) is 0. The molecule has 1 aromatic carbocycles. The van der Waals surface area contributed by atoms with E-state index in [9.17, 15) is 0 Å². The minimum atomic E-state index is 0.242. The second-order valence-electron chi connectivity index (χ2n) is 6.64. The van der Waals surface area contributed by atoms with Crippen molar-refractivity contribution in [3.8, 4) is 0 Å². The molecular weight excluding hydrogens is 230 g/mol. The van der Waals surface area contributed by atoms with Crippen molar-refractivity contribution < 1.29 is 0 Å². The summed E-state index contributed by atoms with van der Waals surface area (Å²) in [5, 5.41) is 3.76. The smallest absolute Gasteiger partial charge is 0.0210 e. The third-order valence-electron chi connectivity index (χ3n) is 4.52. The molecule has 1 rings (SSSR count). The molecule has 0 bridgehead atoms. The SMILES string of the molecule is CCC(CC)(CC)NCc1ccc(C(C)(C)C)cc1. The predicted octanol–water partition coefficient (Wildman–Crippen LogP) is 5.04. The Hall–Kier alpha value is -0.820. The Bertz CT molecular complexity index is 357. The van der Waals surface area contributed by atoms with Gasteiger partial charge in [-0.1, -0.05) is 65.8 Å². The molecule has 0 atom stereocenters.